The minimum absolute atomic E-state index is 0. The number of halogens is 1. The van der Waals surface area contributed by atoms with Crippen LogP contribution < -0.4 is 10.6 Å². The van der Waals surface area contributed by atoms with Gasteiger partial charge in [0.05, 0.1) is 32.1 Å². The average molecular weight is 564 g/mol. The van der Waals surface area contributed by atoms with Crippen LogP contribution in [0.4, 0.5) is 0 Å². The van der Waals surface area contributed by atoms with E-state index in [-0.39, 0.29) is 24.0 Å². The Morgan fingerprint density at radius 2 is 1.73 bits per heavy atom. The molecule has 0 saturated carbocycles. The van der Waals surface area contributed by atoms with Crippen LogP contribution >= 0.6 is 24.0 Å². The molecule has 0 aliphatic carbocycles. The van der Waals surface area contributed by atoms with E-state index in [4.69, 9.17) is 13.9 Å². The van der Waals surface area contributed by atoms with Crippen LogP contribution in [0.2, 0.25) is 0 Å². The second-order valence-electron chi connectivity index (χ2n) is 7.36. The minimum atomic E-state index is 0. The summed E-state index contributed by atoms with van der Waals surface area (Å²) >= 11 is 0. The maximum Gasteiger partial charge on any atom is 0.226 e. The van der Waals surface area contributed by atoms with E-state index in [0.29, 0.717) is 51.4 Å². The van der Waals surface area contributed by atoms with Crippen LogP contribution in [-0.4, -0.2) is 37.8 Å². The van der Waals surface area contributed by atoms with E-state index in [2.05, 4.69) is 45.7 Å². The van der Waals surface area contributed by atoms with Gasteiger partial charge in [0.15, 0.2) is 5.96 Å². The van der Waals surface area contributed by atoms with Crippen molar-refractivity contribution in [1.29, 1.82) is 0 Å². The number of rotatable bonds is 11. The summed E-state index contributed by atoms with van der Waals surface area (Å²) in [6, 6.07) is 16.4. The Hall–Kier alpha value is -2.43. The number of nitrogens with zero attached hydrogens (tertiary/aromatic N) is 2. The van der Waals surface area contributed by atoms with Crippen LogP contribution in [0.1, 0.15) is 29.3 Å². The molecule has 0 spiro atoms. The second-order valence-corrected chi connectivity index (χ2v) is 7.36. The maximum absolute atomic E-state index is 5.65. The summed E-state index contributed by atoms with van der Waals surface area (Å²) in [5.74, 6) is 1.31. The third-order valence-corrected chi connectivity index (χ3v) is 4.81. The molecule has 0 saturated heterocycles. The standard InChI is InChI=1S/C25H32N4O3.HI/c1-4-30-12-13-31-17-21-7-5-6-20(14-21)15-27-25(26-3)28-16-23-18-32-24(29-23)22-10-8-19(2)9-11-22;/h5-11,14,18H,4,12-13,15-17H2,1-3H3,(H2,26,27,28);1H. The zero-order chi connectivity index (χ0) is 22.6. The fourth-order valence-electron chi connectivity index (χ4n) is 3.08. The van der Waals surface area contributed by atoms with Gasteiger partial charge in [0.2, 0.25) is 5.89 Å². The van der Waals surface area contributed by atoms with E-state index in [9.17, 15) is 0 Å². The van der Waals surface area contributed by atoms with Crippen molar-refractivity contribution in [3.05, 3.63) is 77.2 Å². The van der Waals surface area contributed by atoms with Crippen molar-refractivity contribution in [3.8, 4) is 11.5 Å². The summed E-state index contributed by atoms with van der Waals surface area (Å²) in [6.45, 7) is 7.71. The van der Waals surface area contributed by atoms with Gasteiger partial charge < -0.3 is 24.5 Å². The molecule has 0 aliphatic heterocycles. The molecule has 178 valence electrons. The SMILES string of the molecule is CCOCCOCc1cccc(CNC(=NC)NCc2coc(-c3ccc(C)cc3)n2)c1.I. The number of aromatic nitrogens is 1. The summed E-state index contributed by atoms with van der Waals surface area (Å²) in [5, 5.41) is 6.61. The maximum atomic E-state index is 5.65. The van der Waals surface area contributed by atoms with Crippen molar-refractivity contribution >= 4 is 29.9 Å². The fraction of sp³-hybridized carbons (Fsp3) is 0.360. The highest BCUT2D eigenvalue weighted by atomic mass is 127. The first-order chi connectivity index (χ1) is 15.7. The van der Waals surface area contributed by atoms with E-state index >= 15 is 0 Å². The first kappa shape index (κ1) is 26.8. The van der Waals surface area contributed by atoms with Crippen LogP contribution in [0.3, 0.4) is 0 Å². The largest absolute Gasteiger partial charge is 0.444 e. The van der Waals surface area contributed by atoms with Crippen molar-refractivity contribution in [2.24, 2.45) is 4.99 Å². The highest BCUT2D eigenvalue weighted by Crippen LogP contribution is 2.19. The van der Waals surface area contributed by atoms with E-state index < -0.39 is 0 Å². The molecule has 2 N–H and O–H groups in total. The molecular formula is C25H33IN4O3. The van der Waals surface area contributed by atoms with E-state index in [1.54, 1.807) is 13.3 Å². The zero-order valence-corrected chi connectivity index (χ0v) is 21.8. The number of benzene rings is 2. The van der Waals surface area contributed by atoms with Crippen LogP contribution in [0.5, 0.6) is 0 Å². The number of aliphatic imine (C=N–C) groups is 1. The van der Waals surface area contributed by atoms with Gasteiger partial charge in [0.25, 0.3) is 0 Å². The Balaban J connectivity index is 0.00000385. The van der Waals surface area contributed by atoms with Gasteiger partial charge in [-0.3, -0.25) is 4.99 Å². The van der Waals surface area contributed by atoms with E-state index in [1.807, 2.05) is 37.3 Å². The van der Waals surface area contributed by atoms with Gasteiger partial charge in [-0.1, -0.05) is 42.0 Å². The highest BCUT2D eigenvalue weighted by molar-refractivity contribution is 14.0. The Morgan fingerprint density at radius 3 is 2.48 bits per heavy atom. The second kappa shape index (κ2) is 14.7. The summed E-state index contributed by atoms with van der Waals surface area (Å²) < 4.78 is 16.6. The van der Waals surface area contributed by atoms with Crippen molar-refractivity contribution in [3.63, 3.8) is 0 Å². The Labute approximate surface area is 213 Å². The highest BCUT2D eigenvalue weighted by Gasteiger charge is 2.07. The molecule has 3 rings (SSSR count). The van der Waals surface area contributed by atoms with Crippen molar-refractivity contribution < 1.29 is 13.9 Å². The monoisotopic (exact) mass is 564 g/mol. The quantitative estimate of drug-likeness (QED) is 0.152. The molecule has 1 aromatic heterocycles. The fourth-order valence-corrected chi connectivity index (χ4v) is 3.08. The molecule has 0 fully saturated rings. The van der Waals surface area contributed by atoms with Gasteiger partial charge in [0.1, 0.15) is 6.26 Å². The number of nitrogens with one attached hydrogen (secondary N) is 2. The number of ether oxygens (including phenoxy) is 2. The lowest BCUT2D eigenvalue weighted by atomic mass is 10.1. The number of guanidine groups is 1. The third-order valence-electron chi connectivity index (χ3n) is 4.81. The van der Waals surface area contributed by atoms with Crippen LogP contribution in [0.15, 0.2) is 64.2 Å². The predicted molar refractivity (Wildman–Crippen MR) is 142 cm³/mol. The Morgan fingerprint density at radius 1 is 1.00 bits per heavy atom. The number of hydrogen-bond donors (Lipinski definition) is 2. The Bertz CT molecular complexity index is 989. The van der Waals surface area contributed by atoms with Gasteiger partial charge in [0, 0.05) is 25.8 Å². The molecule has 3 aromatic rings. The Kier molecular flexibility index (Phi) is 11.9. The van der Waals surface area contributed by atoms with E-state index in [0.717, 1.165) is 22.4 Å². The molecule has 0 aliphatic rings. The lowest BCUT2D eigenvalue weighted by molar-refractivity contribution is 0.0453. The summed E-state index contributed by atoms with van der Waals surface area (Å²) in [5.41, 5.74) is 5.27. The topological polar surface area (TPSA) is 80.9 Å². The molecule has 33 heavy (non-hydrogen) atoms. The number of oxazole rings is 1. The summed E-state index contributed by atoms with van der Waals surface area (Å²) in [6.07, 6.45) is 1.67. The predicted octanol–water partition coefficient (Wildman–Crippen LogP) is 4.69. The van der Waals surface area contributed by atoms with E-state index in [1.165, 1.54) is 5.56 Å². The van der Waals surface area contributed by atoms with Gasteiger partial charge in [-0.05, 0) is 37.1 Å². The molecule has 7 nitrogen and oxygen atoms in total. The van der Waals surface area contributed by atoms with Gasteiger partial charge in [-0.15, -0.1) is 24.0 Å². The van der Waals surface area contributed by atoms with Crippen molar-refractivity contribution in [2.45, 2.75) is 33.5 Å². The van der Waals surface area contributed by atoms with Crippen molar-refractivity contribution in [2.75, 3.05) is 26.9 Å². The first-order valence-electron chi connectivity index (χ1n) is 10.9. The molecule has 0 amide bonds. The molecule has 1 heterocycles. The molecule has 8 heteroatoms. The molecule has 0 bridgehead atoms. The number of aryl methyl sites for hydroxylation is 1. The lowest BCUT2D eigenvalue weighted by Gasteiger charge is -2.12. The minimum Gasteiger partial charge on any atom is -0.444 e. The van der Waals surface area contributed by atoms with Crippen LogP contribution in [0.25, 0.3) is 11.5 Å². The molecule has 0 radical (unpaired) electrons. The van der Waals surface area contributed by atoms with Crippen LogP contribution in [0, 0.1) is 6.92 Å². The zero-order valence-electron chi connectivity index (χ0n) is 19.5. The summed E-state index contributed by atoms with van der Waals surface area (Å²) in [4.78, 5) is 8.85. The van der Waals surface area contributed by atoms with Crippen LogP contribution in [-0.2, 0) is 29.2 Å². The van der Waals surface area contributed by atoms with Gasteiger partial charge in [-0.2, -0.15) is 0 Å². The number of hydrogen-bond acceptors (Lipinski definition) is 5. The summed E-state index contributed by atoms with van der Waals surface area (Å²) in [7, 11) is 1.75. The molecule has 2 aromatic carbocycles. The van der Waals surface area contributed by atoms with Gasteiger partial charge >= 0.3 is 0 Å². The molecule has 0 atom stereocenters. The lowest BCUT2D eigenvalue weighted by Crippen LogP contribution is -2.36. The normalized spacial score (nSPS) is 11.2. The van der Waals surface area contributed by atoms with Crippen molar-refractivity contribution in [1.82, 2.24) is 15.6 Å². The first-order valence-corrected chi connectivity index (χ1v) is 10.9. The molecule has 0 unspecified atom stereocenters. The smallest absolute Gasteiger partial charge is 0.226 e. The third kappa shape index (κ3) is 9.15. The molecular weight excluding hydrogens is 531 g/mol. The van der Waals surface area contributed by atoms with Gasteiger partial charge in [-0.25, -0.2) is 4.98 Å². The average Bonchev–Trinajstić information content (AvgIpc) is 3.29.